The Kier molecular flexibility index (Phi) is 8.99. The number of amides is 2. The first-order valence-electron chi connectivity index (χ1n) is 14.2. The van der Waals surface area contributed by atoms with E-state index in [2.05, 4.69) is 34.9 Å². The Morgan fingerprint density at radius 2 is 1.51 bits per heavy atom. The predicted molar refractivity (Wildman–Crippen MR) is 156 cm³/mol. The van der Waals surface area contributed by atoms with Crippen LogP contribution in [0.25, 0.3) is 11.1 Å². The van der Waals surface area contributed by atoms with E-state index < -0.39 is 18.1 Å². The lowest BCUT2D eigenvalue weighted by molar-refractivity contribution is -0.142. The number of carbonyl (C=O) groups excluding carboxylic acids is 2. The quantitative estimate of drug-likeness (QED) is 0.301. The van der Waals surface area contributed by atoms with Crippen molar-refractivity contribution in [3.8, 4) is 11.1 Å². The SMILES string of the molecule is CN(Cc1ccccc1)CC(NC(=O)CC1CC(CNC(=O)OCC2c3ccccc3-c3ccccc32)C1)C(=O)O. The molecule has 3 aromatic rings. The number of benzene rings is 3. The van der Waals surface area contributed by atoms with Crippen molar-refractivity contribution in [1.29, 1.82) is 0 Å². The lowest BCUT2D eigenvalue weighted by Crippen LogP contribution is -2.48. The Balaban J connectivity index is 1.00. The van der Waals surface area contributed by atoms with Gasteiger partial charge < -0.3 is 20.5 Å². The van der Waals surface area contributed by atoms with E-state index in [4.69, 9.17) is 4.74 Å². The number of carbonyl (C=O) groups is 3. The van der Waals surface area contributed by atoms with Crippen molar-refractivity contribution in [2.24, 2.45) is 11.8 Å². The Morgan fingerprint density at radius 3 is 2.15 bits per heavy atom. The van der Waals surface area contributed by atoms with Crippen molar-refractivity contribution in [2.75, 3.05) is 26.7 Å². The minimum Gasteiger partial charge on any atom is -0.480 e. The number of aliphatic carboxylic acids is 1. The van der Waals surface area contributed by atoms with Crippen LogP contribution < -0.4 is 10.6 Å². The molecule has 0 bridgehead atoms. The second-order valence-electron chi connectivity index (χ2n) is 11.3. The summed E-state index contributed by atoms with van der Waals surface area (Å²) in [6, 6.07) is 25.3. The fourth-order valence-electron chi connectivity index (χ4n) is 6.06. The molecule has 0 aromatic heterocycles. The number of nitrogens with zero attached hydrogens (tertiary/aromatic N) is 1. The molecule has 41 heavy (non-hydrogen) atoms. The molecule has 0 saturated heterocycles. The van der Waals surface area contributed by atoms with E-state index in [1.165, 1.54) is 22.3 Å². The van der Waals surface area contributed by atoms with Gasteiger partial charge in [-0.3, -0.25) is 9.69 Å². The fraction of sp³-hybridized carbons (Fsp3) is 0.364. The molecule has 3 N–H and O–H groups in total. The molecule has 0 aliphatic heterocycles. The Bertz CT molecular complexity index is 1330. The highest BCUT2D eigenvalue weighted by Crippen LogP contribution is 2.44. The number of fused-ring (bicyclic) bond motifs is 3. The van der Waals surface area contributed by atoms with E-state index >= 15 is 0 Å². The van der Waals surface area contributed by atoms with Gasteiger partial charge in [0.1, 0.15) is 12.6 Å². The summed E-state index contributed by atoms with van der Waals surface area (Å²) in [5, 5.41) is 15.2. The predicted octanol–water partition coefficient (Wildman–Crippen LogP) is 4.64. The molecule has 1 unspecified atom stereocenters. The van der Waals surface area contributed by atoms with Crippen LogP contribution in [0.2, 0.25) is 0 Å². The lowest BCUT2D eigenvalue weighted by atomic mass is 9.73. The van der Waals surface area contributed by atoms with Gasteiger partial charge in [0.2, 0.25) is 5.91 Å². The molecule has 5 rings (SSSR count). The number of carboxylic acids is 1. The van der Waals surface area contributed by atoms with E-state index in [1.807, 2.05) is 66.5 Å². The topological polar surface area (TPSA) is 108 Å². The van der Waals surface area contributed by atoms with Crippen molar-refractivity contribution in [1.82, 2.24) is 15.5 Å². The van der Waals surface area contributed by atoms with Gasteiger partial charge in [-0.2, -0.15) is 0 Å². The van der Waals surface area contributed by atoms with Crippen molar-refractivity contribution in [3.63, 3.8) is 0 Å². The van der Waals surface area contributed by atoms with Gasteiger partial charge in [-0.1, -0.05) is 78.9 Å². The number of rotatable bonds is 12. The number of likely N-dealkylation sites (N-methyl/N-ethyl adjacent to an activating group) is 1. The molecular formula is C33H37N3O5. The normalized spacial score (nSPS) is 18.1. The van der Waals surface area contributed by atoms with Gasteiger partial charge in [-0.15, -0.1) is 0 Å². The third-order valence-electron chi connectivity index (χ3n) is 8.11. The van der Waals surface area contributed by atoms with E-state index in [0.29, 0.717) is 13.1 Å². The first-order chi connectivity index (χ1) is 19.9. The summed E-state index contributed by atoms with van der Waals surface area (Å²) in [6.07, 6.45) is 1.47. The van der Waals surface area contributed by atoms with Crippen LogP contribution in [-0.2, 0) is 20.9 Å². The summed E-state index contributed by atoms with van der Waals surface area (Å²) >= 11 is 0. The standard InChI is InChI=1S/C33H37N3O5/c1-36(19-22-9-3-2-4-10-22)20-30(32(38)39)35-31(37)17-23-15-24(16-23)18-34-33(40)41-21-29-27-13-7-5-11-25(27)26-12-6-8-14-28(26)29/h2-14,23-24,29-30H,15-21H2,1H3,(H,34,40)(H,35,37)(H,38,39). The molecule has 0 spiro atoms. The van der Waals surface area contributed by atoms with Crippen LogP contribution in [0.5, 0.6) is 0 Å². The zero-order chi connectivity index (χ0) is 28.8. The van der Waals surface area contributed by atoms with Crippen LogP contribution in [0.15, 0.2) is 78.9 Å². The first kappa shape index (κ1) is 28.4. The minimum atomic E-state index is -1.04. The van der Waals surface area contributed by atoms with E-state index in [9.17, 15) is 19.5 Å². The van der Waals surface area contributed by atoms with Gasteiger partial charge in [0.25, 0.3) is 0 Å². The molecule has 3 aromatic carbocycles. The molecule has 0 heterocycles. The zero-order valence-electron chi connectivity index (χ0n) is 23.3. The molecular weight excluding hydrogens is 518 g/mol. The maximum Gasteiger partial charge on any atom is 0.407 e. The molecule has 8 heteroatoms. The second-order valence-corrected chi connectivity index (χ2v) is 11.3. The molecule has 214 valence electrons. The van der Waals surface area contributed by atoms with Crippen LogP contribution in [0, 0.1) is 11.8 Å². The molecule has 1 saturated carbocycles. The highest BCUT2D eigenvalue weighted by atomic mass is 16.5. The third-order valence-corrected chi connectivity index (χ3v) is 8.11. The maximum absolute atomic E-state index is 12.6. The van der Waals surface area contributed by atoms with Crippen LogP contribution in [0.4, 0.5) is 4.79 Å². The number of nitrogens with one attached hydrogen (secondary N) is 2. The van der Waals surface area contributed by atoms with Gasteiger partial charge >= 0.3 is 12.1 Å². The molecule has 8 nitrogen and oxygen atoms in total. The summed E-state index contributed by atoms with van der Waals surface area (Å²) in [4.78, 5) is 38.7. The van der Waals surface area contributed by atoms with E-state index in [1.54, 1.807) is 0 Å². The number of ether oxygens (including phenoxy) is 1. The van der Waals surface area contributed by atoms with Crippen molar-refractivity contribution in [3.05, 3.63) is 95.6 Å². The van der Waals surface area contributed by atoms with Crippen molar-refractivity contribution >= 4 is 18.0 Å². The van der Waals surface area contributed by atoms with E-state index in [0.717, 1.165) is 18.4 Å². The van der Waals surface area contributed by atoms with Gasteiger partial charge in [-0.05, 0) is 59.5 Å². The van der Waals surface area contributed by atoms with Gasteiger partial charge in [-0.25, -0.2) is 9.59 Å². The summed E-state index contributed by atoms with van der Waals surface area (Å²) in [5.74, 6) is -0.815. The van der Waals surface area contributed by atoms with Gasteiger partial charge in [0.15, 0.2) is 0 Å². The van der Waals surface area contributed by atoms with Crippen LogP contribution in [0.3, 0.4) is 0 Å². The monoisotopic (exact) mass is 555 g/mol. The summed E-state index contributed by atoms with van der Waals surface area (Å²) in [7, 11) is 1.84. The zero-order valence-corrected chi connectivity index (χ0v) is 23.3. The number of carboxylic acid groups (broad SMARTS) is 1. The largest absolute Gasteiger partial charge is 0.480 e. The van der Waals surface area contributed by atoms with Crippen LogP contribution in [0.1, 0.15) is 41.9 Å². The van der Waals surface area contributed by atoms with Gasteiger partial charge in [0.05, 0.1) is 0 Å². The van der Waals surface area contributed by atoms with Crippen molar-refractivity contribution in [2.45, 2.75) is 37.8 Å². The Morgan fingerprint density at radius 1 is 0.902 bits per heavy atom. The molecule has 2 amide bonds. The van der Waals surface area contributed by atoms with Gasteiger partial charge in [0, 0.05) is 32.0 Å². The second kappa shape index (κ2) is 13.0. The molecule has 0 radical (unpaired) electrons. The highest BCUT2D eigenvalue weighted by molar-refractivity contribution is 5.84. The van der Waals surface area contributed by atoms with Crippen molar-refractivity contribution < 1.29 is 24.2 Å². The molecule has 2 aliphatic rings. The van der Waals surface area contributed by atoms with Crippen LogP contribution >= 0.6 is 0 Å². The molecule has 1 atom stereocenters. The van der Waals surface area contributed by atoms with Crippen LogP contribution in [-0.4, -0.2) is 60.8 Å². The average Bonchev–Trinajstić information content (AvgIpc) is 3.26. The Labute approximate surface area is 240 Å². The van der Waals surface area contributed by atoms with E-state index in [-0.39, 0.29) is 43.2 Å². The molecule has 2 aliphatic carbocycles. The highest BCUT2D eigenvalue weighted by Gasteiger charge is 2.33. The smallest absolute Gasteiger partial charge is 0.407 e. The summed E-state index contributed by atoms with van der Waals surface area (Å²) in [5.41, 5.74) is 5.81. The Hall–Kier alpha value is -4.17. The fourth-order valence-corrected chi connectivity index (χ4v) is 6.06. The first-order valence-corrected chi connectivity index (χ1v) is 14.2. The average molecular weight is 556 g/mol. The summed E-state index contributed by atoms with van der Waals surface area (Å²) in [6.45, 7) is 1.59. The number of alkyl carbamates (subject to hydrolysis) is 1. The molecule has 1 fully saturated rings. The minimum absolute atomic E-state index is 0.0208. The summed E-state index contributed by atoms with van der Waals surface area (Å²) < 4.78 is 5.61. The lowest BCUT2D eigenvalue weighted by Gasteiger charge is -2.35. The number of hydrogen-bond donors (Lipinski definition) is 3. The third kappa shape index (κ3) is 7.13. The maximum atomic E-state index is 12.6. The number of hydrogen-bond acceptors (Lipinski definition) is 5.